The van der Waals surface area contributed by atoms with Crippen molar-refractivity contribution in [2.75, 3.05) is 0 Å². The van der Waals surface area contributed by atoms with Crippen molar-refractivity contribution in [2.24, 2.45) is 0 Å². The van der Waals surface area contributed by atoms with Crippen LogP contribution in [0, 0.1) is 11.9 Å². The minimum atomic E-state index is -1.15. The maximum atomic E-state index is 13.6. The molecule has 2 aromatic rings. The minimum absolute atomic E-state index is 0.228. The third-order valence-corrected chi connectivity index (χ3v) is 4.55. The van der Waals surface area contributed by atoms with Crippen LogP contribution in [-0.4, -0.2) is 4.98 Å². The van der Waals surface area contributed by atoms with Crippen LogP contribution in [0.2, 0.25) is 5.02 Å². The normalized spacial score (nSPS) is 12.3. The lowest BCUT2D eigenvalue weighted by Crippen LogP contribution is -2.05. The fourth-order valence-electron chi connectivity index (χ4n) is 1.54. The molecule has 0 amide bonds. The van der Waals surface area contributed by atoms with E-state index in [2.05, 4.69) is 36.8 Å². The van der Waals surface area contributed by atoms with Crippen LogP contribution in [0.4, 0.5) is 8.78 Å². The molecule has 0 N–H and O–H groups in total. The Balaban J connectivity index is 2.19. The highest BCUT2D eigenvalue weighted by Crippen LogP contribution is 2.51. The van der Waals surface area contributed by atoms with E-state index in [0.717, 1.165) is 0 Å². The van der Waals surface area contributed by atoms with E-state index >= 15 is 0 Å². The molecule has 0 radical (unpaired) electrons. The molecule has 0 atom stereocenters. The van der Waals surface area contributed by atoms with Gasteiger partial charge in [0.05, 0.1) is 0 Å². The second kappa shape index (κ2) is 4.57. The Morgan fingerprint density at radius 1 is 0.947 bits per heavy atom. The molecule has 1 aliphatic rings. The topological polar surface area (TPSA) is 31.4 Å². The zero-order valence-corrected chi connectivity index (χ0v) is 12.7. The van der Waals surface area contributed by atoms with Gasteiger partial charge < -0.3 is 9.47 Å². The van der Waals surface area contributed by atoms with E-state index in [1.54, 1.807) is 12.1 Å². The van der Waals surface area contributed by atoms with Crippen LogP contribution in [0.15, 0.2) is 21.1 Å². The summed E-state index contributed by atoms with van der Waals surface area (Å²) in [6, 6.07) is 3.17. The second-order valence-corrected chi connectivity index (χ2v) is 5.67. The molecule has 0 spiro atoms. The fraction of sp³-hybridized carbons (Fsp3) is 0. The Morgan fingerprint density at radius 3 is 2.05 bits per heavy atom. The number of rotatable bonds is 0. The van der Waals surface area contributed by atoms with Gasteiger partial charge in [-0.05, 0) is 31.9 Å². The number of ether oxygens (including phenoxy) is 2. The molecular formula is C11H2Br2ClF2NO2. The van der Waals surface area contributed by atoms with Crippen LogP contribution >= 0.6 is 43.5 Å². The first kappa shape index (κ1) is 13.1. The average Bonchev–Trinajstić information content (AvgIpc) is 2.36. The molecule has 0 bridgehead atoms. The smallest absolute Gasteiger partial charge is 0.262 e. The number of hydrogen-bond acceptors (Lipinski definition) is 3. The van der Waals surface area contributed by atoms with Crippen LogP contribution in [0.3, 0.4) is 0 Å². The zero-order valence-electron chi connectivity index (χ0n) is 8.81. The summed E-state index contributed by atoms with van der Waals surface area (Å²) >= 11 is 12.3. The van der Waals surface area contributed by atoms with E-state index in [9.17, 15) is 8.78 Å². The summed E-state index contributed by atoms with van der Waals surface area (Å²) in [7, 11) is 0. The van der Waals surface area contributed by atoms with E-state index in [4.69, 9.17) is 21.1 Å². The number of fused-ring (bicyclic) bond motifs is 2. The largest absolute Gasteiger partial charge is 0.448 e. The van der Waals surface area contributed by atoms with E-state index in [1.807, 2.05) is 0 Å². The Hall–Kier alpha value is -0.920. The van der Waals surface area contributed by atoms with Crippen LogP contribution < -0.4 is 9.47 Å². The Bertz CT molecular complexity index is 712. The standard InChI is InChI=1S/C11H2Br2ClF2NO2/c12-3-1-5-6(2-4(3)13)19-9-8(18-5)7(14)10(15)17-11(9)16/h1-2H. The van der Waals surface area contributed by atoms with Gasteiger partial charge in [0.25, 0.3) is 5.95 Å². The van der Waals surface area contributed by atoms with Gasteiger partial charge in [-0.2, -0.15) is 13.8 Å². The summed E-state index contributed by atoms with van der Waals surface area (Å²) in [5, 5.41) is -0.430. The van der Waals surface area contributed by atoms with Crippen LogP contribution in [0.5, 0.6) is 23.0 Å². The summed E-state index contributed by atoms with van der Waals surface area (Å²) in [5.74, 6) is -2.29. The molecule has 3 nitrogen and oxygen atoms in total. The summed E-state index contributed by atoms with van der Waals surface area (Å²) in [5.41, 5.74) is 0. The van der Waals surface area contributed by atoms with Crippen molar-refractivity contribution in [1.29, 1.82) is 0 Å². The molecule has 98 valence electrons. The minimum Gasteiger partial charge on any atom is -0.448 e. The lowest BCUT2D eigenvalue weighted by molar-refractivity contribution is 0.328. The summed E-state index contributed by atoms with van der Waals surface area (Å²) in [6.45, 7) is 0. The summed E-state index contributed by atoms with van der Waals surface area (Å²) in [6.07, 6.45) is 0. The van der Waals surface area contributed by atoms with Gasteiger partial charge in [-0.25, -0.2) is 0 Å². The number of benzene rings is 1. The van der Waals surface area contributed by atoms with Crippen molar-refractivity contribution in [3.63, 3.8) is 0 Å². The van der Waals surface area contributed by atoms with Gasteiger partial charge >= 0.3 is 0 Å². The van der Waals surface area contributed by atoms with Crippen LogP contribution in [-0.2, 0) is 0 Å². The fourth-order valence-corrected chi connectivity index (χ4v) is 2.35. The van der Waals surface area contributed by atoms with E-state index < -0.39 is 16.9 Å². The summed E-state index contributed by atoms with van der Waals surface area (Å²) < 4.78 is 38.9. The van der Waals surface area contributed by atoms with Crippen molar-refractivity contribution in [3.05, 3.63) is 38.0 Å². The molecule has 1 aromatic heterocycles. The maximum absolute atomic E-state index is 13.6. The second-order valence-electron chi connectivity index (χ2n) is 3.58. The van der Waals surface area contributed by atoms with Gasteiger partial charge in [0, 0.05) is 21.1 Å². The highest BCUT2D eigenvalue weighted by Gasteiger charge is 2.29. The molecule has 8 heteroatoms. The molecule has 1 aromatic carbocycles. The van der Waals surface area contributed by atoms with Crippen molar-refractivity contribution >= 4 is 43.5 Å². The first-order chi connectivity index (χ1) is 8.97. The van der Waals surface area contributed by atoms with Crippen LogP contribution in [0.25, 0.3) is 0 Å². The average molecular weight is 413 g/mol. The van der Waals surface area contributed by atoms with E-state index in [0.29, 0.717) is 8.95 Å². The van der Waals surface area contributed by atoms with Gasteiger partial charge in [0.15, 0.2) is 17.2 Å². The first-order valence-corrected chi connectivity index (χ1v) is 6.83. The molecule has 0 unspecified atom stereocenters. The molecule has 3 rings (SSSR count). The van der Waals surface area contributed by atoms with Crippen molar-refractivity contribution in [2.45, 2.75) is 0 Å². The van der Waals surface area contributed by atoms with Crippen molar-refractivity contribution in [1.82, 2.24) is 4.98 Å². The lowest BCUT2D eigenvalue weighted by atomic mass is 10.3. The number of aromatic nitrogens is 1. The highest BCUT2D eigenvalue weighted by molar-refractivity contribution is 9.13. The molecule has 0 saturated carbocycles. The number of halogens is 5. The quantitative estimate of drug-likeness (QED) is 0.460. The molecule has 0 fully saturated rings. The van der Waals surface area contributed by atoms with Crippen molar-refractivity contribution in [3.8, 4) is 23.0 Å². The SMILES string of the molecule is Fc1nc(F)c2c(c1Cl)Oc1cc(Br)c(Br)cc1O2. The molecule has 0 saturated heterocycles. The Labute approximate surface area is 127 Å². The number of pyridine rings is 1. The number of hydrogen-bond donors (Lipinski definition) is 0. The predicted molar refractivity (Wildman–Crippen MR) is 71.2 cm³/mol. The van der Waals surface area contributed by atoms with Gasteiger partial charge in [-0.3, -0.25) is 0 Å². The van der Waals surface area contributed by atoms with Gasteiger partial charge in [0.2, 0.25) is 11.7 Å². The lowest BCUT2D eigenvalue weighted by Gasteiger charge is -2.21. The van der Waals surface area contributed by atoms with Gasteiger partial charge in [-0.1, -0.05) is 11.6 Å². The number of nitrogens with zero attached hydrogens (tertiary/aromatic N) is 1. The third kappa shape index (κ3) is 2.09. The van der Waals surface area contributed by atoms with Gasteiger partial charge in [-0.15, -0.1) is 0 Å². The van der Waals surface area contributed by atoms with E-state index in [-0.39, 0.29) is 23.0 Å². The third-order valence-electron chi connectivity index (χ3n) is 2.38. The van der Waals surface area contributed by atoms with Crippen LogP contribution in [0.1, 0.15) is 0 Å². The van der Waals surface area contributed by atoms with Gasteiger partial charge in [0.1, 0.15) is 5.02 Å². The van der Waals surface area contributed by atoms with E-state index in [1.165, 1.54) is 0 Å². The Kier molecular flexibility index (Phi) is 3.15. The summed E-state index contributed by atoms with van der Waals surface area (Å²) in [4.78, 5) is 3.01. The van der Waals surface area contributed by atoms with Crippen molar-refractivity contribution < 1.29 is 18.3 Å². The monoisotopic (exact) mass is 411 g/mol. The maximum Gasteiger partial charge on any atom is 0.262 e. The molecule has 0 aliphatic carbocycles. The molecule has 19 heavy (non-hydrogen) atoms. The highest BCUT2D eigenvalue weighted by atomic mass is 79.9. The predicted octanol–water partition coefficient (Wildman–Crippen LogP) is 5.44. The molecule has 2 heterocycles. The Morgan fingerprint density at radius 2 is 1.47 bits per heavy atom. The zero-order chi connectivity index (χ0) is 13.7. The molecular weight excluding hydrogens is 411 g/mol. The first-order valence-electron chi connectivity index (χ1n) is 4.86. The molecule has 1 aliphatic heterocycles.